The second-order valence-electron chi connectivity index (χ2n) is 7.88. The van der Waals surface area contributed by atoms with Crippen LogP contribution in [0, 0.1) is 0 Å². The fraction of sp³-hybridized carbons (Fsp3) is 0.545. The van der Waals surface area contributed by atoms with Gasteiger partial charge in [0, 0.05) is 43.3 Å². The minimum atomic E-state index is 0.0532. The first-order valence-electron chi connectivity index (χ1n) is 10.3. The Morgan fingerprint density at radius 2 is 1.93 bits per heavy atom. The van der Waals surface area contributed by atoms with Crippen molar-refractivity contribution in [2.75, 3.05) is 40.4 Å². The van der Waals surface area contributed by atoms with E-state index in [9.17, 15) is 4.79 Å². The number of hydrogen-bond acceptors (Lipinski definition) is 6. The van der Waals surface area contributed by atoms with Gasteiger partial charge in [0.15, 0.2) is 11.5 Å². The summed E-state index contributed by atoms with van der Waals surface area (Å²) in [7, 11) is 3.23. The molecule has 156 valence electrons. The molecule has 0 N–H and O–H groups in total. The summed E-state index contributed by atoms with van der Waals surface area (Å²) in [5.41, 5.74) is 0.799. The van der Waals surface area contributed by atoms with E-state index in [4.69, 9.17) is 14.2 Å². The first kappa shape index (κ1) is 19.8. The molecule has 2 aromatic rings. The largest absolute Gasteiger partial charge is 0.493 e. The van der Waals surface area contributed by atoms with Gasteiger partial charge in [0.05, 0.1) is 26.3 Å². The monoisotopic (exact) mass is 399 g/mol. The summed E-state index contributed by atoms with van der Waals surface area (Å²) in [6.45, 7) is 5.14. The lowest BCUT2D eigenvalue weighted by Crippen LogP contribution is -2.41. The van der Waals surface area contributed by atoms with E-state index in [0.717, 1.165) is 55.5 Å². The van der Waals surface area contributed by atoms with Crippen LogP contribution in [0.15, 0.2) is 24.4 Å². The van der Waals surface area contributed by atoms with Gasteiger partial charge in [0.25, 0.3) is 0 Å². The summed E-state index contributed by atoms with van der Waals surface area (Å²) in [5.74, 6) is 2.31. The molecule has 1 aromatic carbocycles. The van der Waals surface area contributed by atoms with Crippen LogP contribution >= 0.6 is 0 Å². The summed E-state index contributed by atoms with van der Waals surface area (Å²) in [5, 5.41) is 0.894. The number of pyridine rings is 1. The predicted molar refractivity (Wildman–Crippen MR) is 111 cm³/mol. The Kier molecular flexibility index (Phi) is 5.76. The average Bonchev–Trinajstić information content (AvgIpc) is 3.35. The number of methoxy groups -OCH3 is 2. The highest BCUT2D eigenvalue weighted by Gasteiger charge is 2.30. The number of amides is 1. The molecule has 0 aliphatic carbocycles. The van der Waals surface area contributed by atoms with Crippen molar-refractivity contribution in [3.63, 3.8) is 0 Å². The minimum absolute atomic E-state index is 0.0532. The Hall–Kier alpha value is -2.54. The highest BCUT2D eigenvalue weighted by Crippen LogP contribution is 2.36. The molecule has 0 unspecified atom stereocenters. The summed E-state index contributed by atoms with van der Waals surface area (Å²) < 4.78 is 17.1. The normalized spacial score (nSPS) is 22.2. The maximum absolute atomic E-state index is 12.6. The van der Waals surface area contributed by atoms with E-state index in [2.05, 4.69) is 16.8 Å². The maximum Gasteiger partial charge on any atom is 0.236 e. The van der Waals surface area contributed by atoms with Crippen molar-refractivity contribution in [3.05, 3.63) is 24.4 Å². The zero-order valence-electron chi connectivity index (χ0n) is 17.4. The van der Waals surface area contributed by atoms with Gasteiger partial charge in [-0.05, 0) is 38.3 Å². The minimum Gasteiger partial charge on any atom is -0.493 e. The molecule has 2 fully saturated rings. The van der Waals surface area contributed by atoms with Gasteiger partial charge in [-0.3, -0.25) is 14.7 Å². The van der Waals surface area contributed by atoms with Gasteiger partial charge in [-0.1, -0.05) is 0 Å². The maximum atomic E-state index is 12.6. The SMILES string of the molecule is COc1cc2nccc(O[C@H]3CCN(CC(=O)N4CCC[C@H]4C)C3)c2cc1OC. The third kappa shape index (κ3) is 4.10. The summed E-state index contributed by atoms with van der Waals surface area (Å²) >= 11 is 0. The van der Waals surface area contributed by atoms with Crippen LogP contribution in [0.3, 0.4) is 0 Å². The predicted octanol–water partition coefficient (Wildman–Crippen LogP) is 2.72. The van der Waals surface area contributed by atoms with E-state index in [-0.39, 0.29) is 12.0 Å². The second kappa shape index (κ2) is 8.45. The molecule has 2 aliphatic rings. The molecule has 2 saturated heterocycles. The lowest BCUT2D eigenvalue weighted by molar-refractivity contribution is -0.132. The molecule has 7 heteroatoms. The first-order valence-corrected chi connectivity index (χ1v) is 10.3. The molecule has 0 saturated carbocycles. The summed E-state index contributed by atoms with van der Waals surface area (Å²) in [6.07, 6.45) is 4.93. The molecule has 0 bridgehead atoms. The lowest BCUT2D eigenvalue weighted by Gasteiger charge is -2.24. The molecule has 2 aliphatic heterocycles. The molecule has 2 atom stereocenters. The van der Waals surface area contributed by atoms with Crippen LogP contribution in [0.2, 0.25) is 0 Å². The number of aromatic nitrogens is 1. The Balaban J connectivity index is 1.43. The standard InChI is InChI=1S/C22H29N3O4/c1-15-5-4-9-25(15)22(26)14-24-10-7-16(13-24)29-19-6-8-23-18-12-21(28-3)20(27-2)11-17(18)19/h6,8,11-12,15-16H,4-5,7,9-10,13-14H2,1-3H3/t15-,16+/m1/s1. The van der Waals surface area contributed by atoms with Crippen LogP contribution in [0.25, 0.3) is 10.9 Å². The molecule has 29 heavy (non-hydrogen) atoms. The van der Waals surface area contributed by atoms with Gasteiger partial charge in [-0.2, -0.15) is 0 Å². The van der Waals surface area contributed by atoms with E-state index < -0.39 is 0 Å². The third-order valence-corrected chi connectivity index (χ3v) is 5.96. The smallest absolute Gasteiger partial charge is 0.236 e. The Morgan fingerprint density at radius 1 is 1.14 bits per heavy atom. The Morgan fingerprint density at radius 3 is 2.66 bits per heavy atom. The lowest BCUT2D eigenvalue weighted by atomic mass is 10.1. The van der Waals surface area contributed by atoms with Crippen LogP contribution in [-0.2, 0) is 4.79 Å². The van der Waals surface area contributed by atoms with E-state index >= 15 is 0 Å². The van der Waals surface area contributed by atoms with Crippen LogP contribution in [0.5, 0.6) is 17.2 Å². The zero-order chi connectivity index (χ0) is 20.4. The third-order valence-electron chi connectivity index (χ3n) is 5.96. The average molecular weight is 399 g/mol. The summed E-state index contributed by atoms with van der Waals surface area (Å²) in [4.78, 5) is 21.2. The molecule has 4 rings (SSSR count). The number of ether oxygens (including phenoxy) is 3. The van der Waals surface area contributed by atoms with Gasteiger partial charge in [0.1, 0.15) is 11.9 Å². The van der Waals surface area contributed by atoms with Gasteiger partial charge in [0.2, 0.25) is 5.91 Å². The van der Waals surface area contributed by atoms with Crippen molar-refractivity contribution in [2.24, 2.45) is 0 Å². The number of carbonyl (C=O) groups is 1. The molecule has 3 heterocycles. The molecule has 7 nitrogen and oxygen atoms in total. The van der Waals surface area contributed by atoms with Crippen LogP contribution < -0.4 is 14.2 Å². The number of carbonyl (C=O) groups excluding carboxylic acids is 1. The number of likely N-dealkylation sites (tertiary alicyclic amines) is 2. The van der Waals surface area contributed by atoms with Crippen molar-refractivity contribution in [2.45, 2.75) is 38.3 Å². The molecular weight excluding hydrogens is 370 g/mol. The van der Waals surface area contributed by atoms with E-state index in [1.165, 1.54) is 0 Å². The highest BCUT2D eigenvalue weighted by molar-refractivity contribution is 5.88. The van der Waals surface area contributed by atoms with E-state index in [1.807, 2.05) is 23.1 Å². The number of hydrogen-bond donors (Lipinski definition) is 0. The molecule has 1 amide bonds. The van der Waals surface area contributed by atoms with E-state index in [0.29, 0.717) is 24.1 Å². The molecular formula is C22H29N3O4. The van der Waals surface area contributed by atoms with E-state index in [1.54, 1.807) is 20.4 Å². The number of fused-ring (bicyclic) bond motifs is 1. The van der Waals surface area contributed by atoms with Crippen LogP contribution in [0.1, 0.15) is 26.2 Å². The Bertz CT molecular complexity index is 888. The van der Waals surface area contributed by atoms with Crippen molar-refractivity contribution in [1.82, 2.24) is 14.8 Å². The molecule has 0 radical (unpaired) electrons. The Labute approximate surface area is 171 Å². The fourth-order valence-electron chi connectivity index (χ4n) is 4.35. The fourth-order valence-corrected chi connectivity index (χ4v) is 4.35. The van der Waals surface area contributed by atoms with Crippen LogP contribution in [0.4, 0.5) is 0 Å². The quantitative estimate of drug-likeness (QED) is 0.744. The first-order chi connectivity index (χ1) is 14.1. The number of rotatable bonds is 6. The highest BCUT2D eigenvalue weighted by atomic mass is 16.5. The van der Waals surface area contributed by atoms with Gasteiger partial charge >= 0.3 is 0 Å². The van der Waals surface area contributed by atoms with Crippen molar-refractivity contribution in [3.8, 4) is 17.2 Å². The number of benzene rings is 1. The van der Waals surface area contributed by atoms with Crippen molar-refractivity contribution >= 4 is 16.8 Å². The second-order valence-corrected chi connectivity index (χ2v) is 7.88. The summed E-state index contributed by atoms with van der Waals surface area (Å²) in [6, 6.07) is 6.01. The molecule has 0 spiro atoms. The van der Waals surface area contributed by atoms with Crippen molar-refractivity contribution in [1.29, 1.82) is 0 Å². The van der Waals surface area contributed by atoms with Gasteiger partial charge in [-0.25, -0.2) is 0 Å². The van der Waals surface area contributed by atoms with Gasteiger partial charge < -0.3 is 19.1 Å². The zero-order valence-corrected chi connectivity index (χ0v) is 17.4. The van der Waals surface area contributed by atoms with Crippen molar-refractivity contribution < 1.29 is 19.0 Å². The van der Waals surface area contributed by atoms with Crippen LogP contribution in [-0.4, -0.2) is 73.2 Å². The van der Waals surface area contributed by atoms with Gasteiger partial charge in [-0.15, -0.1) is 0 Å². The topological polar surface area (TPSA) is 64.1 Å². The number of nitrogens with zero attached hydrogens (tertiary/aromatic N) is 3. The molecule has 1 aromatic heterocycles.